The summed E-state index contributed by atoms with van der Waals surface area (Å²) in [5.74, 6) is 1.39. The van der Waals surface area contributed by atoms with Gasteiger partial charge in [0.1, 0.15) is 11.5 Å². The highest BCUT2D eigenvalue weighted by Gasteiger charge is 2.43. The van der Waals surface area contributed by atoms with E-state index in [1.165, 1.54) is 0 Å². The molecule has 2 aromatic carbocycles. The number of nitrogens with one attached hydrogen (secondary N) is 1. The SMILES string of the molecule is COc1ccc(OC)c(N2C(=S)N[C@H](c3ccccn3)[C@H]2c2cc(C)n(-c3cccc(Cl)c3Cl)c2C)c1. The van der Waals surface area contributed by atoms with Gasteiger partial charge in [-0.1, -0.05) is 35.3 Å². The maximum absolute atomic E-state index is 6.65. The topological polar surface area (TPSA) is 51.6 Å². The Balaban J connectivity index is 1.73. The van der Waals surface area contributed by atoms with E-state index in [1.807, 2.05) is 48.5 Å². The molecule has 2 aromatic heterocycles. The molecular formula is C28H26Cl2N4O2S. The van der Waals surface area contributed by atoms with Crippen molar-refractivity contribution in [1.29, 1.82) is 0 Å². The smallest absolute Gasteiger partial charge is 0.174 e. The molecule has 2 atom stereocenters. The molecule has 6 nitrogen and oxygen atoms in total. The number of hydrogen-bond donors (Lipinski definition) is 1. The summed E-state index contributed by atoms with van der Waals surface area (Å²) >= 11 is 18.9. The van der Waals surface area contributed by atoms with Crippen molar-refractivity contribution in [3.8, 4) is 17.2 Å². The highest BCUT2D eigenvalue weighted by atomic mass is 35.5. The molecule has 0 bridgehead atoms. The molecule has 0 aliphatic carbocycles. The Morgan fingerprint density at radius 2 is 1.76 bits per heavy atom. The Kier molecular flexibility index (Phi) is 7.03. The van der Waals surface area contributed by atoms with Gasteiger partial charge < -0.3 is 24.3 Å². The van der Waals surface area contributed by atoms with E-state index in [0.717, 1.165) is 34.0 Å². The number of nitrogens with zero attached hydrogens (tertiary/aromatic N) is 3. The molecule has 4 aromatic rings. The fraction of sp³-hybridized carbons (Fsp3) is 0.214. The van der Waals surface area contributed by atoms with E-state index >= 15 is 0 Å². The summed E-state index contributed by atoms with van der Waals surface area (Å²) in [6, 6.07) is 19.0. The monoisotopic (exact) mass is 552 g/mol. The minimum Gasteiger partial charge on any atom is -0.497 e. The van der Waals surface area contributed by atoms with Crippen LogP contribution in [0.15, 0.2) is 66.9 Å². The van der Waals surface area contributed by atoms with E-state index in [-0.39, 0.29) is 12.1 Å². The number of methoxy groups -OCH3 is 2. The molecule has 1 fully saturated rings. The summed E-state index contributed by atoms with van der Waals surface area (Å²) < 4.78 is 13.4. The number of rotatable bonds is 6. The van der Waals surface area contributed by atoms with Crippen molar-refractivity contribution in [2.75, 3.05) is 19.1 Å². The zero-order valence-corrected chi connectivity index (χ0v) is 23.2. The van der Waals surface area contributed by atoms with Crippen LogP contribution < -0.4 is 19.7 Å². The number of hydrogen-bond acceptors (Lipinski definition) is 4. The van der Waals surface area contributed by atoms with E-state index in [0.29, 0.717) is 26.7 Å². The molecule has 1 aliphatic heterocycles. The molecule has 0 unspecified atom stereocenters. The van der Waals surface area contributed by atoms with Crippen LogP contribution in [0.3, 0.4) is 0 Å². The average Bonchev–Trinajstić information content (AvgIpc) is 3.40. The number of pyridine rings is 1. The van der Waals surface area contributed by atoms with Gasteiger partial charge in [-0.3, -0.25) is 4.98 Å². The first-order valence-electron chi connectivity index (χ1n) is 11.7. The highest BCUT2D eigenvalue weighted by Crippen LogP contribution is 2.47. The Morgan fingerprint density at radius 3 is 2.46 bits per heavy atom. The average molecular weight is 554 g/mol. The second kappa shape index (κ2) is 10.2. The number of ether oxygens (including phenoxy) is 2. The summed E-state index contributed by atoms with van der Waals surface area (Å²) in [7, 11) is 3.29. The molecule has 9 heteroatoms. The van der Waals surface area contributed by atoms with Crippen molar-refractivity contribution < 1.29 is 9.47 Å². The van der Waals surface area contributed by atoms with Crippen LogP contribution in [0.25, 0.3) is 5.69 Å². The van der Waals surface area contributed by atoms with Gasteiger partial charge in [0.25, 0.3) is 0 Å². The number of thiocarbonyl (C=S) groups is 1. The van der Waals surface area contributed by atoms with Crippen LogP contribution >= 0.6 is 35.4 Å². The minimum absolute atomic E-state index is 0.214. The van der Waals surface area contributed by atoms with Crippen molar-refractivity contribution in [2.45, 2.75) is 25.9 Å². The Bertz CT molecular complexity index is 1470. The largest absolute Gasteiger partial charge is 0.497 e. The lowest BCUT2D eigenvalue weighted by Gasteiger charge is -2.29. The van der Waals surface area contributed by atoms with Gasteiger partial charge in [-0.25, -0.2) is 0 Å². The standard InChI is InChI=1S/C28H26Cl2N4O2S/c1-16-14-19(17(2)33(16)22-10-7-8-20(29)25(22)30)27-26(21-9-5-6-13-31-21)32-28(37)34(27)23-15-18(35-3)11-12-24(23)36-4/h5-15,26-27H,1-4H3,(H,32,37)/t26-,27-/m1/s1. The zero-order chi connectivity index (χ0) is 26.3. The lowest BCUT2D eigenvalue weighted by atomic mass is 9.96. The summed E-state index contributed by atoms with van der Waals surface area (Å²) in [5.41, 5.74) is 5.61. The van der Waals surface area contributed by atoms with Gasteiger partial charge in [0.15, 0.2) is 5.11 Å². The van der Waals surface area contributed by atoms with Crippen molar-refractivity contribution in [3.05, 3.63) is 99.6 Å². The summed E-state index contributed by atoms with van der Waals surface area (Å²) in [5, 5.41) is 5.09. The van der Waals surface area contributed by atoms with Gasteiger partial charge in [-0.15, -0.1) is 0 Å². The maximum Gasteiger partial charge on any atom is 0.174 e. The molecule has 1 N–H and O–H groups in total. The molecular weight excluding hydrogens is 527 g/mol. The van der Waals surface area contributed by atoms with E-state index in [2.05, 4.69) is 39.7 Å². The van der Waals surface area contributed by atoms with Gasteiger partial charge in [-0.05, 0) is 74.1 Å². The van der Waals surface area contributed by atoms with Crippen molar-refractivity contribution >= 4 is 46.2 Å². The van der Waals surface area contributed by atoms with Crippen LogP contribution in [0.2, 0.25) is 10.0 Å². The fourth-order valence-corrected chi connectivity index (χ4v) is 5.76. The number of benzene rings is 2. The first-order chi connectivity index (χ1) is 17.8. The molecule has 0 saturated carbocycles. The lowest BCUT2D eigenvalue weighted by Crippen LogP contribution is -2.30. The highest BCUT2D eigenvalue weighted by molar-refractivity contribution is 7.80. The van der Waals surface area contributed by atoms with Crippen LogP contribution in [0, 0.1) is 13.8 Å². The molecule has 3 heterocycles. The predicted octanol–water partition coefficient (Wildman–Crippen LogP) is 6.99. The van der Waals surface area contributed by atoms with E-state index in [4.69, 9.17) is 44.9 Å². The Labute approximate surface area is 231 Å². The third-order valence-corrected chi connectivity index (χ3v) is 7.83. The van der Waals surface area contributed by atoms with Crippen LogP contribution in [0.1, 0.15) is 34.7 Å². The molecule has 190 valence electrons. The van der Waals surface area contributed by atoms with E-state index < -0.39 is 0 Å². The summed E-state index contributed by atoms with van der Waals surface area (Å²) in [4.78, 5) is 6.75. The summed E-state index contributed by atoms with van der Waals surface area (Å²) in [6.07, 6.45) is 1.79. The van der Waals surface area contributed by atoms with Crippen LogP contribution in [-0.2, 0) is 0 Å². The van der Waals surface area contributed by atoms with Gasteiger partial charge in [0.05, 0.1) is 53.4 Å². The van der Waals surface area contributed by atoms with Crippen molar-refractivity contribution in [3.63, 3.8) is 0 Å². The summed E-state index contributed by atoms with van der Waals surface area (Å²) in [6.45, 7) is 4.14. The number of anilines is 1. The van der Waals surface area contributed by atoms with Gasteiger partial charge in [0.2, 0.25) is 0 Å². The number of halogens is 2. The molecule has 1 saturated heterocycles. The number of aryl methyl sites for hydroxylation is 1. The predicted molar refractivity (Wildman–Crippen MR) is 153 cm³/mol. The fourth-order valence-electron chi connectivity index (χ4n) is 5.04. The normalized spacial score (nSPS) is 17.1. The van der Waals surface area contributed by atoms with Crippen molar-refractivity contribution in [1.82, 2.24) is 14.9 Å². The molecule has 5 rings (SSSR count). The molecule has 0 spiro atoms. The van der Waals surface area contributed by atoms with E-state index in [1.54, 1.807) is 26.5 Å². The van der Waals surface area contributed by atoms with Crippen molar-refractivity contribution in [2.24, 2.45) is 0 Å². The third kappa shape index (κ3) is 4.41. The first-order valence-corrected chi connectivity index (χ1v) is 12.9. The third-order valence-electron chi connectivity index (χ3n) is 6.70. The van der Waals surface area contributed by atoms with Gasteiger partial charge in [-0.2, -0.15) is 0 Å². The van der Waals surface area contributed by atoms with Gasteiger partial charge >= 0.3 is 0 Å². The Hall–Kier alpha value is -3.26. The number of aromatic nitrogens is 2. The molecule has 1 aliphatic rings. The zero-order valence-electron chi connectivity index (χ0n) is 20.8. The van der Waals surface area contributed by atoms with E-state index in [9.17, 15) is 0 Å². The quantitative estimate of drug-likeness (QED) is 0.260. The molecule has 37 heavy (non-hydrogen) atoms. The van der Waals surface area contributed by atoms with Crippen LogP contribution in [-0.4, -0.2) is 28.9 Å². The first kappa shape index (κ1) is 25.4. The second-order valence-electron chi connectivity index (χ2n) is 8.77. The van der Waals surface area contributed by atoms with Crippen LogP contribution in [0.5, 0.6) is 11.5 Å². The Morgan fingerprint density at radius 1 is 0.946 bits per heavy atom. The lowest BCUT2D eigenvalue weighted by molar-refractivity contribution is 0.403. The van der Waals surface area contributed by atoms with Gasteiger partial charge in [0, 0.05) is 23.7 Å². The maximum atomic E-state index is 6.65. The molecule has 0 radical (unpaired) electrons. The molecule has 0 amide bonds. The second-order valence-corrected chi connectivity index (χ2v) is 9.94. The minimum atomic E-state index is -0.235. The van der Waals surface area contributed by atoms with Crippen LogP contribution in [0.4, 0.5) is 5.69 Å².